The summed E-state index contributed by atoms with van der Waals surface area (Å²) >= 11 is 0. The molecule has 0 rings (SSSR count). The highest BCUT2D eigenvalue weighted by Crippen LogP contribution is 2.42. The van der Waals surface area contributed by atoms with E-state index in [0.717, 1.165) is 0 Å². The zero-order chi connectivity index (χ0) is 20.4. The van der Waals surface area contributed by atoms with Gasteiger partial charge in [-0.1, -0.05) is 0 Å². The lowest BCUT2D eigenvalue weighted by Gasteiger charge is -2.16. The summed E-state index contributed by atoms with van der Waals surface area (Å²) in [6, 6.07) is -6.26. The minimum Gasteiger partial charge on any atom is -0.391 e. The van der Waals surface area contributed by atoms with E-state index >= 15 is 0 Å². The Bertz CT molecular complexity index is 580. The lowest BCUT2D eigenvalue weighted by molar-refractivity contribution is -0.270. The largest absolute Gasteiger partial charge is 0.461 e. The quantitative estimate of drug-likeness (QED) is 0.322. The van der Waals surface area contributed by atoms with Gasteiger partial charge >= 0.3 is 36.2 Å². The van der Waals surface area contributed by atoms with Crippen LogP contribution >= 0.6 is 0 Å². The summed E-state index contributed by atoms with van der Waals surface area (Å²) in [4.78, 5) is 0. The molecule has 25 heavy (non-hydrogen) atoms. The Labute approximate surface area is 127 Å². The Morgan fingerprint density at radius 1 is 0.520 bits per heavy atom. The molecule has 0 N–H and O–H groups in total. The van der Waals surface area contributed by atoms with Gasteiger partial charge in [0.25, 0.3) is 0 Å². The van der Waals surface area contributed by atoms with Gasteiger partial charge in [0, 0.05) is 0 Å². The van der Waals surface area contributed by atoms with Crippen molar-refractivity contribution in [3.8, 4) is 0 Å². The van der Waals surface area contributed by atoms with Crippen LogP contribution in [0.4, 0.5) is 61.5 Å². The summed E-state index contributed by atoms with van der Waals surface area (Å²) in [5.74, 6) is -20.1. The molecule has 0 aliphatic carbocycles. The maximum absolute atomic E-state index is 12.6. The van der Waals surface area contributed by atoms with E-state index < -0.39 is 47.9 Å². The maximum Gasteiger partial charge on any atom is 0.461 e. The molecule has 0 aromatic carbocycles. The number of alkyl halides is 10. The molecule has 0 saturated carbocycles. The molecule has 0 heterocycles. The number of rotatable bonds is 4. The normalized spacial score (nSPS) is 12.9. The third kappa shape index (κ3) is 5.43. The Kier molecular flexibility index (Phi) is 6.40. The predicted octanol–water partition coefficient (Wildman–Crippen LogP) is 5.92. The average Bonchev–Trinajstić information content (AvgIpc) is 2.34. The van der Waals surface area contributed by atoms with Crippen molar-refractivity contribution in [3.05, 3.63) is 35.1 Å². The van der Waals surface area contributed by atoms with Crippen molar-refractivity contribution < 1.29 is 66.2 Å². The highest BCUT2D eigenvalue weighted by atomic mass is 19.4. The summed E-state index contributed by atoms with van der Waals surface area (Å²) in [5.41, 5.74) is -0.269. The van der Waals surface area contributed by atoms with Gasteiger partial charge in [-0.05, 0) is 11.5 Å². The van der Waals surface area contributed by atoms with Crippen molar-refractivity contribution in [2.75, 3.05) is 0 Å². The minimum absolute atomic E-state index is 0.135. The summed E-state index contributed by atoms with van der Waals surface area (Å²) < 4.78 is 172. The molecular formula is C10F14O. The monoisotopic (exact) mass is 402 g/mol. The van der Waals surface area contributed by atoms with Crippen LogP contribution in [0.15, 0.2) is 35.1 Å². The molecule has 0 fully saturated rings. The summed E-state index contributed by atoms with van der Waals surface area (Å²) in [5, 5.41) is 0. The van der Waals surface area contributed by atoms with Crippen LogP contribution < -0.4 is 0 Å². The fourth-order valence-electron chi connectivity index (χ4n) is 0.708. The number of allylic oxidation sites excluding steroid dienone is 2. The van der Waals surface area contributed by atoms with E-state index in [0.29, 0.717) is 0 Å². The molecule has 15 heteroatoms. The van der Waals surface area contributed by atoms with Gasteiger partial charge < -0.3 is 4.74 Å². The molecule has 0 unspecified atom stereocenters. The molecule has 0 radical (unpaired) electrons. The van der Waals surface area contributed by atoms with Crippen molar-refractivity contribution in [1.29, 1.82) is 0 Å². The van der Waals surface area contributed by atoms with E-state index in [1.54, 1.807) is 0 Å². The van der Waals surface area contributed by atoms with E-state index in [4.69, 9.17) is 0 Å². The molecule has 0 saturated heterocycles. The molecule has 1 nitrogen and oxygen atoms in total. The van der Waals surface area contributed by atoms with Crippen LogP contribution in [0.2, 0.25) is 0 Å². The molecule has 0 spiro atoms. The first-order valence-corrected chi connectivity index (χ1v) is 5.05. The van der Waals surface area contributed by atoms with Crippen LogP contribution in [-0.4, -0.2) is 24.2 Å². The van der Waals surface area contributed by atoms with E-state index in [9.17, 15) is 61.5 Å². The molecule has 144 valence electrons. The standard InChI is InChI=1S/C10F14O/c11-3(7(15,16)9(19,20)21)1-5(13)25-6(14)2-4(12)8(17,18)10(22,23)24. The van der Waals surface area contributed by atoms with Gasteiger partial charge in [0.15, 0.2) is 0 Å². The molecule has 0 aliphatic rings. The highest BCUT2D eigenvalue weighted by molar-refractivity contribution is 5.10. The van der Waals surface area contributed by atoms with Crippen molar-refractivity contribution in [1.82, 2.24) is 0 Å². The Morgan fingerprint density at radius 2 is 0.760 bits per heavy atom. The second-order valence-electron chi connectivity index (χ2n) is 3.67. The second kappa shape index (κ2) is 7.00. The molecule has 0 bridgehead atoms. The topological polar surface area (TPSA) is 9.23 Å². The van der Waals surface area contributed by atoms with Crippen LogP contribution in [0.3, 0.4) is 0 Å². The number of hydrogen-bond acceptors (Lipinski definition) is 1. The van der Waals surface area contributed by atoms with Crippen LogP contribution in [-0.2, 0) is 4.74 Å². The third-order valence-electron chi connectivity index (χ3n) is 1.86. The van der Waals surface area contributed by atoms with Gasteiger partial charge in [-0.15, -0.1) is 0 Å². The number of halogens is 14. The summed E-state index contributed by atoms with van der Waals surface area (Å²) in [7, 11) is 0. The van der Waals surface area contributed by atoms with Crippen LogP contribution in [0, 0.1) is 0 Å². The average molecular weight is 402 g/mol. The fourth-order valence-corrected chi connectivity index (χ4v) is 0.708. The minimum atomic E-state index is -6.58. The maximum atomic E-state index is 12.6. The molecule has 0 amide bonds. The second-order valence-corrected chi connectivity index (χ2v) is 3.67. The Balaban J connectivity index is 5.81. The van der Waals surface area contributed by atoms with E-state index in [1.165, 1.54) is 0 Å². The smallest absolute Gasteiger partial charge is 0.391 e. The zero-order valence-corrected chi connectivity index (χ0v) is 10.7. The molecule has 0 aromatic rings. The summed E-state index contributed by atoms with van der Waals surface area (Å²) in [6.45, 7) is 0. The third-order valence-corrected chi connectivity index (χ3v) is 1.86. The first-order valence-electron chi connectivity index (χ1n) is 5.05. The Morgan fingerprint density at radius 3 is 0.960 bits per heavy atom. The molecule has 0 aromatic heterocycles. The van der Waals surface area contributed by atoms with Gasteiger partial charge in [0.2, 0.25) is 11.7 Å². The van der Waals surface area contributed by atoms with E-state index in [-0.39, 0.29) is 11.5 Å². The van der Waals surface area contributed by atoms with E-state index in [2.05, 4.69) is 4.74 Å². The predicted molar refractivity (Wildman–Crippen MR) is 48.6 cm³/mol. The van der Waals surface area contributed by atoms with Gasteiger partial charge in [-0.2, -0.15) is 61.5 Å². The first-order chi connectivity index (χ1) is 10.8. The van der Waals surface area contributed by atoms with Crippen molar-refractivity contribution in [2.45, 2.75) is 24.2 Å². The first kappa shape index (κ1) is 22.9. The molecule has 0 aliphatic heterocycles. The summed E-state index contributed by atoms with van der Waals surface area (Å²) in [6.07, 6.45) is -13.2. The number of hydrogen-bond donors (Lipinski definition) is 0. The SMILES string of the molecule is FC(=C=C(F)C(F)(F)C(F)(F)F)OC(F)=C=C(F)C(F)(F)C(F)(F)F. The molecule has 0 atom stereocenters. The van der Waals surface area contributed by atoms with Crippen molar-refractivity contribution in [2.24, 2.45) is 0 Å². The van der Waals surface area contributed by atoms with Gasteiger partial charge in [0.05, 0.1) is 0 Å². The van der Waals surface area contributed by atoms with Gasteiger partial charge in [-0.25, -0.2) is 0 Å². The number of ether oxygens (including phenoxy) is 1. The highest BCUT2D eigenvalue weighted by Gasteiger charge is 2.62. The van der Waals surface area contributed by atoms with Gasteiger partial charge in [0.1, 0.15) is 0 Å². The molecular weight excluding hydrogens is 402 g/mol. The van der Waals surface area contributed by atoms with Crippen molar-refractivity contribution >= 4 is 0 Å². The van der Waals surface area contributed by atoms with Gasteiger partial charge in [-0.3, -0.25) is 0 Å². The Hall–Kier alpha value is -2.14. The van der Waals surface area contributed by atoms with Crippen LogP contribution in [0.5, 0.6) is 0 Å². The van der Waals surface area contributed by atoms with Crippen LogP contribution in [0.1, 0.15) is 0 Å². The lowest BCUT2D eigenvalue weighted by Crippen LogP contribution is -2.36. The van der Waals surface area contributed by atoms with Crippen LogP contribution in [0.25, 0.3) is 0 Å². The van der Waals surface area contributed by atoms with Crippen molar-refractivity contribution in [3.63, 3.8) is 0 Å². The zero-order valence-electron chi connectivity index (χ0n) is 10.7. The van der Waals surface area contributed by atoms with E-state index in [1.807, 2.05) is 0 Å². The fraction of sp³-hybridized carbons (Fsp3) is 0.400. The lowest BCUT2D eigenvalue weighted by atomic mass is 10.3.